The van der Waals surface area contributed by atoms with Gasteiger partial charge in [0.05, 0.1) is 5.41 Å². The van der Waals surface area contributed by atoms with Gasteiger partial charge in [-0.3, -0.25) is 4.79 Å². The van der Waals surface area contributed by atoms with Crippen LogP contribution in [0.4, 0.5) is 0 Å². The number of rotatable bonds is 8. The number of hydrogen-bond donors (Lipinski definition) is 2. The lowest BCUT2D eigenvalue weighted by molar-refractivity contribution is -0.149. The third kappa shape index (κ3) is 3.93. The molecule has 0 heterocycles. The molecule has 0 bridgehead atoms. The molecule has 108 valence electrons. The van der Waals surface area contributed by atoms with Crippen molar-refractivity contribution in [2.45, 2.75) is 46.6 Å². The van der Waals surface area contributed by atoms with Crippen molar-refractivity contribution in [2.75, 3.05) is 13.6 Å². The van der Waals surface area contributed by atoms with E-state index in [1.54, 1.807) is 27.7 Å². The number of aliphatic carboxylic acids is 1. The smallest absolute Gasteiger partial charge is 0.310 e. The van der Waals surface area contributed by atoms with Gasteiger partial charge in [-0.15, -0.1) is 0 Å². The minimum absolute atomic E-state index is 0.0886. The zero-order valence-corrected chi connectivity index (χ0v) is 12.5. The summed E-state index contributed by atoms with van der Waals surface area (Å²) < 4.78 is 27.4. The van der Waals surface area contributed by atoms with Gasteiger partial charge < -0.3 is 5.11 Å². The Morgan fingerprint density at radius 3 is 2.06 bits per heavy atom. The van der Waals surface area contributed by atoms with Gasteiger partial charge >= 0.3 is 5.97 Å². The van der Waals surface area contributed by atoms with Gasteiger partial charge in [-0.25, -0.2) is 4.72 Å². The van der Waals surface area contributed by atoms with Crippen molar-refractivity contribution in [2.24, 2.45) is 5.41 Å². The maximum Gasteiger partial charge on any atom is 0.310 e. The Hall–Kier alpha value is -0.660. The van der Waals surface area contributed by atoms with Crippen LogP contribution in [0, 0.1) is 5.41 Å². The van der Waals surface area contributed by atoms with Crippen molar-refractivity contribution in [3.05, 3.63) is 0 Å². The van der Waals surface area contributed by atoms with Crippen molar-refractivity contribution in [3.63, 3.8) is 0 Å². The molecule has 7 heteroatoms. The SMILES string of the molecule is CCC(CC)(CNS(=O)(=O)N(C)C(C)C)C(=O)O. The van der Waals surface area contributed by atoms with Crippen LogP contribution in [0.3, 0.4) is 0 Å². The summed E-state index contributed by atoms with van der Waals surface area (Å²) in [4.78, 5) is 11.3. The summed E-state index contributed by atoms with van der Waals surface area (Å²) >= 11 is 0. The zero-order valence-electron chi connectivity index (χ0n) is 11.7. The third-order valence-corrected chi connectivity index (χ3v) is 5.20. The molecule has 0 saturated heterocycles. The number of carboxylic acids is 1. The fourth-order valence-electron chi connectivity index (χ4n) is 1.49. The fourth-order valence-corrected chi connectivity index (χ4v) is 2.70. The standard InChI is InChI=1S/C11H24N2O4S/c1-6-11(7-2,10(14)15)8-12-18(16,17)13(5)9(3)4/h9,12H,6-8H2,1-5H3,(H,14,15). The molecule has 0 radical (unpaired) electrons. The Bertz CT molecular complexity index is 375. The molecule has 0 aromatic carbocycles. The van der Waals surface area contributed by atoms with Gasteiger partial charge in [-0.05, 0) is 26.7 Å². The second-order valence-electron chi connectivity index (χ2n) is 4.73. The summed E-state index contributed by atoms with van der Waals surface area (Å²) in [6.45, 7) is 6.91. The Kier molecular flexibility index (Phi) is 6.25. The second kappa shape index (κ2) is 6.49. The lowest BCUT2D eigenvalue weighted by atomic mass is 9.83. The Morgan fingerprint density at radius 2 is 1.78 bits per heavy atom. The summed E-state index contributed by atoms with van der Waals surface area (Å²) in [5, 5.41) is 9.22. The van der Waals surface area contributed by atoms with Gasteiger partial charge in [-0.1, -0.05) is 13.8 Å². The van der Waals surface area contributed by atoms with Gasteiger partial charge in [0.25, 0.3) is 10.2 Å². The van der Waals surface area contributed by atoms with E-state index in [2.05, 4.69) is 4.72 Å². The van der Waals surface area contributed by atoms with E-state index >= 15 is 0 Å². The number of carbonyl (C=O) groups is 1. The molecular weight excluding hydrogens is 256 g/mol. The van der Waals surface area contributed by atoms with E-state index in [-0.39, 0.29) is 12.6 Å². The van der Waals surface area contributed by atoms with Crippen LogP contribution in [-0.2, 0) is 15.0 Å². The van der Waals surface area contributed by atoms with E-state index in [4.69, 9.17) is 0 Å². The molecule has 18 heavy (non-hydrogen) atoms. The molecular formula is C11H24N2O4S. The molecule has 0 fully saturated rings. The molecule has 0 rings (SSSR count). The molecule has 0 saturated carbocycles. The van der Waals surface area contributed by atoms with Crippen molar-refractivity contribution in [1.82, 2.24) is 9.03 Å². The average molecular weight is 280 g/mol. The minimum atomic E-state index is -3.63. The normalized spacial score (nSPS) is 13.3. The monoisotopic (exact) mass is 280 g/mol. The largest absolute Gasteiger partial charge is 0.481 e. The topological polar surface area (TPSA) is 86.7 Å². The maximum atomic E-state index is 11.9. The first-order valence-electron chi connectivity index (χ1n) is 6.09. The second-order valence-corrected chi connectivity index (χ2v) is 6.54. The molecule has 0 aromatic rings. The van der Waals surface area contributed by atoms with Crippen molar-refractivity contribution in [3.8, 4) is 0 Å². The first-order chi connectivity index (χ1) is 8.13. The van der Waals surface area contributed by atoms with E-state index in [0.717, 1.165) is 0 Å². The molecule has 2 N–H and O–H groups in total. The summed E-state index contributed by atoms with van der Waals surface area (Å²) in [6.07, 6.45) is 0.763. The summed E-state index contributed by atoms with van der Waals surface area (Å²) in [5.41, 5.74) is -1.04. The van der Waals surface area contributed by atoms with Gasteiger partial charge in [0.1, 0.15) is 0 Å². The predicted octanol–water partition coefficient (Wildman–Crippen LogP) is 1.05. The highest BCUT2D eigenvalue weighted by atomic mass is 32.2. The summed E-state index contributed by atoms with van der Waals surface area (Å²) in [7, 11) is -2.16. The van der Waals surface area contributed by atoms with Gasteiger partial charge in [-0.2, -0.15) is 12.7 Å². The van der Waals surface area contributed by atoms with Gasteiger partial charge in [0, 0.05) is 19.6 Å². The number of carboxylic acid groups (broad SMARTS) is 1. The van der Waals surface area contributed by atoms with Gasteiger partial charge in [0.2, 0.25) is 0 Å². The van der Waals surface area contributed by atoms with Crippen LogP contribution in [0.2, 0.25) is 0 Å². The Labute approximate surface area is 110 Å². The van der Waals surface area contributed by atoms with Crippen LogP contribution < -0.4 is 4.72 Å². The predicted molar refractivity (Wildman–Crippen MR) is 70.5 cm³/mol. The molecule has 6 nitrogen and oxygen atoms in total. The lowest BCUT2D eigenvalue weighted by Crippen LogP contribution is -2.48. The zero-order chi connectivity index (χ0) is 14.6. The molecule has 0 aliphatic rings. The average Bonchev–Trinajstić information content (AvgIpc) is 2.29. The highest BCUT2D eigenvalue weighted by molar-refractivity contribution is 7.87. The van der Waals surface area contributed by atoms with Crippen molar-refractivity contribution in [1.29, 1.82) is 0 Å². The number of nitrogens with zero attached hydrogens (tertiary/aromatic N) is 1. The van der Waals surface area contributed by atoms with Crippen LogP contribution in [-0.4, -0.2) is 43.4 Å². The minimum Gasteiger partial charge on any atom is -0.481 e. The van der Waals surface area contributed by atoms with E-state index in [0.29, 0.717) is 12.8 Å². The Morgan fingerprint density at radius 1 is 1.33 bits per heavy atom. The first kappa shape index (κ1) is 17.3. The molecule has 0 unspecified atom stereocenters. The van der Waals surface area contributed by atoms with Crippen molar-refractivity contribution >= 4 is 16.2 Å². The van der Waals surface area contributed by atoms with Crippen molar-refractivity contribution < 1.29 is 18.3 Å². The molecule has 0 atom stereocenters. The number of nitrogens with one attached hydrogen (secondary N) is 1. The highest BCUT2D eigenvalue weighted by Gasteiger charge is 2.36. The van der Waals surface area contributed by atoms with Crippen LogP contribution in [0.15, 0.2) is 0 Å². The molecule has 0 aromatic heterocycles. The van der Waals surface area contributed by atoms with Crippen LogP contribution in [0.25, 0.3) is 0 Å². The van der Waals surface area contributed by atoms with E-state index in [9.17, 15) is 18.3 Å². The Balaban J connectivity index is 4.89. The van der Waals surface area contributed by atoms with E-state index < -0.39 is 21.6 Å². The summed E-state index contributed by atoms with van der Waals surface area (Å²) in [6, 6.07) is -0.176. The lowest BCUT2D eigenvalue weighted by Gasteiger charge is -2.29. The number of hydrogen-bond acceptors (Lipinski definition) is 3. The quantitative estimate of drug-likeness (QED) is 0.696. The third-order valence-electron chi connectivity index (χ3n) is 3.51. The van der Waals surface area contributed by atoms with Crippen LogP contribution in [0.5, 0.6) is 0 Å². The van der Waals surface area contributed by atoms with E-state index in [1.165, 1.54) is 11.4 Å². The molecule has 0 aliphatic heterocycles. The molecule has 0 amide bonds. The fraction of sp³-hybridized carbons (Fsp3) is 0.909. The molecule has 0 spiro atoms. The first-order valence-corrected chi connectivity index (χ1v) is 7.53. The van der Waals surface area contributed by atoms with Gasteiger partial charge in [0.15, 0.2) is 0 Å². The van der Waals surface area contributed by atoms with Crippen LogP contribution in [0.1, 0.15) is 40.5 Å². The summed E-state index contributed by atoms with van der Waals surface area (Å²) in [5.74, 6) is -0.970. The highest BCUT2D eigenvalue weighted by Crippen LogP contribution is 2.26. The molecule has 0 aliphatic carbocycles. The van der Waals surface area contributed by atoms with Crippen LogP contribution >= 0.6 is 0 Å². The van der Waals surface area contributed by atoms with E-state index in [1.807, 2.05) is 0 Å². The maximum absolute atomic E-state index is 11.9.